The first-order valence-corrected chi connectivity index (χ1v) is 18.7. The zero-order valence-electron chi connectivity index (χ0n) is 33.4. The number of carbonyl (C=O) groups is 1. The molecule has 304 valence electrons. The van der Waals surface area contributed by atoms with Gasteiger partial charge in [-0.3, -0.25) is 4.79 Å². The molecule has 18 atom stereocenters. The molecular formula is C37H68N2O13. The molecule has 0 radical (unpaired) electrons. The Morgan fingerprint density at radius 2 is 1.54 bits per heavy atom. The minimum atomic E-state index is -1.97. The zero-order valence-corrected chi connectivity index (χ0v) is 33.4. The summed E-state index contributed by atoms with van der Waals surface area (Å²) in [6.45, 7) is 16.6. The molecule has 0 spiro atoms. The van der Waals surface area contributed by atoms with Crippen molar-refractivity contribution in [2.45, 2.75) is 179 Å². The lowest BCUT2D eigenvalue weighted by atomic mass is 9.73. The molecular weight excluding hydrogens is 680 g/mol. The van der Waals surface area contributed by atoms with E-state index in [0.717, 1.165) is 0 Å². The van der Waals surface area contributed by atoms with Gasteiger partial charge in [0.05, 0.1) is 53.4 Å². The van der Waals surface area contributed by atoms with Gasteiger partial charge in [0.25, 0.3) is 0 Å². The molecule has 15 nitrogen and oxygen atoms in total. The Balaban J connectivity index is 2.21. The smallest absolute Gasteiger partial charge is 0.311 e. The number of likely N-dealkylation sites (N-methyl/N-ethyl adjacent to an activating group) is 1. The van der Waals surface area contributed by atoms with Crippen molar-refractivity contribution in [2.24, 2.45) is 28.8 Å². The zero-order chi connectivity index (χ0) is 39.7. The van der Waals surface area contributed by atoms with Crippen LogP contribution in [0.1, 0.15) is 94.9 Å². The fraction of sp³-hybridized carbons (Fsp3) is 0.946. The summed E-state index contributed by atoms with van der Waals surface area (Å²) >= 11 is 0. The van der Waals surface area contributed by atoms with E-state index in [4.69, 9.17) is 28.4 Å². The van der Waals surface area contributed by atoms with Crippen LogP contribution in [0.5, 0.6) is 0 Å². The summed E-state index contributed by atoms with van der Waals surface area (Å²) in [7, 11) is 5.19. The molecule has 0 aromatic heterocycles. The number of rotatable bonds is 7. The normalized spacial score (nSPS) is 49.8. The van der Waals surface area contributed by atoms with Crippen molar-refractivity contribution < 1.29 is 64.0 Å². The van der Waals surface area contributed by atoms with Crippen LogP contribution in [0.15, 0.2) is 5.16 Å². The molecule has 52 heavy (non-hydrogen) atoms. The van der Waals surface area contributed by atoms with E-state index in [1.807, 2.05) is 25.9 Å². The number of cyclic esters (lactones) is 1. The van der Waals surface area contributed by atoms with Gasteiger partial charge in [0.1, 0.15) is 23.9 Å². The number of aliphatic hydroxyl groups excluding tert-OH is 3. The Kier molecular flexibility index (Phi) is 15.1. The van der Waals surface area contributed by atoms with Gasteiger partial charge >= 0.3 is 5.97 Å². The number of hydrogen-bond donors (Lipinski definition) is 6. The fourth-order valence-corrected chi connectivity index (χ4v) is 8.61. The number of aliphatic hydroxyl groups is 5. The Morgan fingerprint density at radius 3 is 2.08 bits per heavy atom. The first-order chi connectivity index (χ1) is 24.0. The number of esters is 1. The van der Waals surface area contributed by atoms with E-state index in [2.05, 4.69) is 5.16 Å². The molecule has 15 heteroatoms. The summed E-state index contributed by atoms with van der Waals surface area (Å²) in [5.41, 5.74) is -4.68. The third-order valence-electron chi connectivity index (χ3n) is 12.0. The van der Waals surface area contributed by atoms with Crippen molar-refractivity contribution in [2.75, 3.05) is 21.2 Å². The van der Waals surface area contributed by atoms with Gasteiger partial charge in [-0.2, -0.15) is 0 Å². The van der Waals surface area contributed by atoms with Crippen LogP contribution in [0, 0.1) is 23.7 Å². The maximum Gasteiger partial charge on any atom is 0.311 e. The van der Waals surface area contributed by atoms with Crippen LogP contribution in [0.4, 0.5) is 0 Å². The minimum Gasteiger partial charge on any atom is -0.459 e. The molecule has 6 N–H and O–H groups in total. The van der Waals surface area contributed by atoms with Gasteiger partial charge < -0.3 is 64.1 Å². The lowest BCUT2D eigenvalue weighted by Gasteiger charge is -2.49. The van der Waals surface area contributed by atoms with Crippen molar-refractivity contribution in [1.82, 2.24) is 4.90 Å². The van der Waals surface area contributed by atoms with E-state index in [0.29, 0.717) is 6.42 Å². The average Bonchev–Trinajstić information content (AvgIpc) is 3.06. The van der Waals surface area contributed by atoms with Crippen molar-refractivity contribution in [3.05, 3.63) is 0 Å². The number of ether oxygens (including phenoxy) is 6. The van der Waals surface area contributed by atoms with Gasteiger partial charge in [0.15, 0.2) is 12.6 Å². The Morgan fingerprint density at radius 1 is 0.923 bits per heavy atom. The van der Waals surface area contributed by atoms with Crippen LogP contribution in [-0.2, 0) is 33.2 Å². The van der Waals surface area contributed by atoms with Gasteiger partial charge in [-0.15, -0.1) is 0 Å². The van der Waals surface area contributed by atoms with E-state index in [1.54, 1.807) is 55.4 Å². The van der Waals surface area contributed by atoms with Crippen molar-refractivity contribution in [1.29, 1.82) is 0 Å². The standard InChI is InChI=1S/C37H68N2O13/c1-14-25-37(10,45)30(41)20(4)27(38-46)18(2)16-35(8,44)32(52-34-28(40)24(39(11)12)15-19(3)48-34)21(5)29(22(6)33(43)50-25)51-26-17-36(9,47-13)31(42)23(7)49-26/h18-26,28-32,34,40-42,44-46H,14-17H2,1-13H3/b38-27-/t18-,19?,20?,21?,22+,23?,24?,25?,26?,28?,29+,30+,31?,32-,34?,35-,36?,37-/m0/s1. The van der Waals surface area contributed by atoms with Gasteiger partial charge in [0, 0.05) is 37.3 Å². The quantitative estimate of drug-likeness (QED) is 0.125. The van der Waals surface area contributed by atoms with Gasteiger partial charge in [-0.25, -0.2) is 0 Å². The van der Waals surface area contributed by atoms with Gasteiger partial charge in [0.2, 0.25) is 0 Å². The predicted octanol–water partition coefficient (Wildman–Crippen LogP) is 2.05. The van der Waals surface area contributed by atoms with Gasteiger partial charge in [-0.1, -0.05) is 32.9 Å². The van der Waals surface area contributed by atoms with Crippen molar-refractivity contribution in [3.63, 3.8) is 0 Å². The summed E-state index contributed by atoms with van der Waals surface area (Å²) < 4.78 is 37.2. The first-order valence-electron chi connectivity index (χ1n) is 18.7. The van der Waals surface area contributed by atoms with E-state index in [9.17, 15) is 35.5 Å². The van der Waals surface area contributed by atoms with E-state index < -0.39 is 102 Å². The molecule has 3 aliphatic rings. The highest BCUT2D eigenvalue weighted by atomic mass is 16.7. The van der Waals surface area contributed by atoms with Gasteiger partial charge in [-0.05, 0) is 74.9 Å². The monoisotopic (exact) mass is 748 g/mol. The third-order valence-corrected chi connectivity index (χ3v) is 12.0. The molecule has 3 heterocycles. The molecule has 0 amide bonds. The fourth-order valence-electron chi connectivity index (χ4n) is 8.61. The number of nitrogens with zero attached hydrogens (tertiary/aromatic N) is 2. The molecule has 3 fully saturated rings. The van der Waals surface area contributed by atoms with Crippen LogP contribution >= 0.6 is 0 Å². The van der Waals surface area contributed by atoms with Crippen molar-refractivity contribution in [3.8, 4) is 0 Å². The van der Waals surface area contributed by atoms with Crippen molar-refractivity contribution >= 4 is 11.7 Å². The highest BCUT2D eigenvalue weighted by Gasteiger charge is 2.53. The largest absolute Gasteiger partial charge is 0.459 e. The molecule has 3 aliphatic heterocycles. The Labute approximate surface area is 309 Å². The summed E-state index contributed by atoms with van der Waals surface area (Å²) in [6, 6.07) is -0.322. The molecule has 0 aromatic carbocycles. The molecule has 0 aliphatic carbocycles. The topological polar surface area (TPSA) is 209 Å². The minimum absolute atomic E-state index is 0.0657. The maximum absolute atomic E-state index is 14.1. The van der Waals surface area contributed by atoms with Crippen LogP contribution in [0.3, 0.4) is 0 Å². The SMILES string of the molecule is CCC1OC(=O)[C@H](C)[C@H](OC2CC(C)(OC)C(O)C(C)O2)C(C)[C@H](OC2OC(C)CC(N(C)C)C2O)[C@@](C)(O)C[C@H](C)/C(=N/O)C(C)[C@@H](O)[C@@]1(C)O. The molecule has 0 bridgehead atoms. The lowest BCUT2D eigenvalue weighted by Crippen LogP contribution is -2.61. The van der Waals surface area contributed by atoms with Crippen LogP contribution in [0.25, 0.3) is 0 Å². The van der Waals surface area contributed by atoms with E-state index in [-0.39, 0.29) is 37.1 Å². The number of methoxy groups -OCH3 is 1. The summed E-state index contributed by atoms with van der Waals surface area (Å²) in [5.74, 6) is -4.24. The summed E-state index contributed by atoms with van der Waals surface area (Å²) in [4.78, 5) is 16.0. The maximum atomic E-state index is 14.1. The first kappa shape index (κ1) is 44.9. The van der Waals surface area contributed by atoms with E-state index >= 15 is 0 Å². The number of oxime groups is 1. The predicted molar refractivity (Wildman–Crippen MR) is 190 cm³/mol. The molecule has 0 saturated carbocycles. The van der Waals surface area contributed by atoms with E-state index in [1.165, 1.54) is 14.0 Å². The number of carbonyl (C=O) groups excluding carboxylic acids is 1. The molecule has 3 rings (SSSR count). The lowest BCUT2D eigenvalue weighted by molar-refractivity contribution is -0.317. The molecule has 11 unspecified atom stereocenters. The van der Waals surface area contributed by atoms with Crippen LogP contribution < -0.4 is 0 Å². The average molecular weight is 749 g/mol. The second-order valence-corrected chi connectivity index (χ2v) is 16.6. The Bertz CT molecular complexity index is 1200. The third kappa shape index (κ3) is 9.47. The Hall–Kier alpha value is -1.50. The number of hydrogen-bond acceptors (Lipinski definition) is 15. The van der Waals surface area contributed by atoms with Crippen LogP contribution in [0.2, 0.25) is 0 Å². The van der Waals surface area contributed by atoms with Crippen LogP contribution in [-0.4, -0.2) is 153 Å². The highest BCUT2D eigenvalue weighted by Crippen LogP contribution is 2.41. The summed E-state index contributed by atoms with van der Waals surface area (Å²) in [6.07, 6.45) is -9.51. The molecule has 3 saturated heterocycles. The second-order valence-electron chi connectivity index (χ2n) is 16.6. The summed E-state index contributed by atoms with van der Waals surface area (Å²) in [5, 5.41) is 71.8. The molecule has 0 aromatic rings. The second kappa shape index (κ2) is 17.5. The highest BCUT2D eigenvalue weighted by molar-refractivity contribution is 5.88.